The fourth-order valence-electron chi connectivity index (χ4n) is 8.94. The van der Waals surface area contributed by atoms with E-state index < -0.39 is 0 Å². The number of fused-ring (bicyclic) bond motifs is 2. The molecule has 0 bridgehead atoms. The van der Waals surface area contributed by atoms with E-state index >= 15 is 0 Å². The Bertz CT molecular complexity index is 2620. The van der Waals surface area contributed by atoms with Crippen molar-refractivity contribution in [2.24, 2.45) is 0 Å². The third kappa shape index (κ3) is 8.61. The van der Waals surface area contributed by atoms with E-state index in [2.05, 4.69) is 226 Å². The third-order valence-corrected chi connectivity index (χ3v) is 13.0. The molecule has 302 valence electrons. The van der Waals surface area contributed by atoms with Crippen molar-refractivity contribution in [1.82, 2.24) is 0 Å². The van der Waals surface area contributed by atoms with Gasteiger partial charge < -0.3 is 9.80 Å². The highest BCUT2D eigenvalue weighted by Gasteiger charge is 2.25. The molecule has 2 nitrogen and oxygen atoms in total. The van der Waals surface area contributed by atoms with Crippen LogP contribution in [0.3, 0.4) is 0 Å². The number of benzene rings is 8. The zero-order chi connectivity index (χ0) is 41.5. The number of para-hydroxylation sites is 1. The predicted molar refractivity (Wildman–Crippen MR) is 261 cm³/mol. The maximum Gasteiger partial charge on any atom is 0.0540 e. The Morgan fingerprint density at radius 3 is 1.70 bits per heavy atom. The van der Waals surface area contributed by atoms with Crippen LogP contribution in [0.15, 0.2) is 182 Å². The molecule has 2 atom stereocenters. The van der Waals surface area contributed by atoms with Gasteiger partial charge in [-0.1, -0.05) is 176 Å². The highest BCUT2D eigenvalue weighted by atomic mass is 15.1. The molecule has 8 rings (SSSR count). The largest absolute Gasteiger partial charge is 0.310 e. The van der Waals surface area contributed by atoms with Gasteiger partial charge in [-0.3, -0.25) is 0 Å². The van der Waals surface area contributed by atoms with Gasteiger partial charge in [0.2, 0.25) is 0 Å². The Morgan fingerprint density at radius 2 is 1.03 bits per heavy atom. The number of nitrogens with zero attached hydrogens (tertiary/aromatic N) is 2. The monoisotopic (exact) mass is 784 g/mol. The van der Waals surface area contributed by atoms with Gasteiger partial charge in [-0.15, -0.1) is 0 Å². The van der Waals surface area contributed by atoms with Crippen molar-refractivity contribution in [2.45, 2.75) is 90.9 Å². The average molecular weight is 785 g/mol. The van der Waals surface area contributed by atoms with E-state index in [1.54, 1.807) is 0 Å². The van der Waals surface area contributed by atoms with Crippen LogP contribution < -0.4 is 9.80 Å². The summed E-state index contributed by atoms with van der Waals surface area (Å²) in [6.07, 6.45) is 8.53. The van der Waals surface area contributed by atoms with E-state index in [1.165, 1.54) is 88.0 Å². The molecule has 8 aromatic carbocycles. The quantitative estimate of drug-likeness (QED) is 0.0963. The van der Waals surface area contributed by atoms with Crippen LogP contribution in [0.4, 0.5) is 34.1 Å². The molecule has 0 saturated heterocycles. The van der Waals surface area contributed by atoms with Crippen LogP contribution in [0, 0.1) is 0 Å². The fourth-order valence-corrected chi connectivity index (χ4v) is 8.94. The molecule has 0 aromatic heterocycles. The second-order valence-corrected chi connectivity index (χ2v) is 17.0. The first-order valence-corrected chi connectivity index (χ1v) is 22.4. The van der Waals surface area contributed by atoms with Gasteiger partial charge in [0.05, 0.1) is 5.69 Å². The highest BCUT2D eigenvalue weighted by Crippen LogP contribution is 2.42. The van der Waals surface area contributed by atoms with Gasteiger partial charge in [0.1, 0.15) is 0 Å². The normalized spacial score (nSPS) is 12.9. The summed E-state index contributed by atoms with van der Waals surface area (Å²) in [6.45, 7) is 11.7. The Labute approximate surface area is 359 Å². The van der Waals surface area contributed by atoms with Crippen molar-refractivity contribution in [3.63, 3.8) is 0 Å². The Hall–Kier alpha value is -6.12. The molecule has 0 fully saturated rings. The molecule has 8 aromatic rings. The van der Waals surface area contributed by atoms with Crippen LogP contribution in [0.5, 0.6) is 0 Å². The van der Waals surface area contributed by atoms with Gasteiger partial charge in [0.25, 0.3) is 0 Å². The van der Waals surface area contributed by atoms with E-state index in [-0.39, 0.29) is 5.41 Å². The minimum Gasteiger partial charge on any atom is -0.310 e. The summed E-state index contributed by atoms with van der Waals surface area (Å²) in [5.74, 6) is 0.551. The van der Waals surface area contributed by atoms with E-state index in [0.29, 0.717) is 5.92 Å². The van der Waals surface area contributed by atoms with Crippen molar-refractivity contribution < 1.29 is 0 Å². The Morgan fingerprint density at radius 1 is 0.467 bits per heavy atom. The second-order valence-electron chi connectivity index (χ2n) is 17.0. The summed E-state index contributed by atoms with van der Waals surface area (Å²) in [5.41, 5.74) is 12.3. The summed E-state index contributed by atoms with van der Waals surface area (Å²) in [4.78, 5) is 4.80. The van der Waals surface area contributed by atoms with E-state index in [0.717, 1.165) is 34.9 Å². The molecule has 2 unspecified atom stereocenters. The molecule has 0 saturated carbocycles. The maximum absolute atomic E-state index is 2.43. The van der Waals surface area contributed by atoms with Crippen LogP contribution in [-0.2, 0) is 5.41 Å². The smallest absolute Gasteiger partial charge is 0.0540 e. The lowest BCUT2D eigenvalue weighted by atomic mass is 9.76. The molecule has 0 aliphatic rings. The van der Waals surface area contributed by atoms with Gasteiger partial charge in [0, 0.05) is 33.8 Å². The Kier molecular flexibility index (Phi) is 12.5. The van der Waals surface area contributed by atoms with Crippen LogP contribution in [0.1, 0.15) is 96.6 Å². The van der Waals surface area contributed by atoms with Crippen molar-refractivity contribution in [1.29, 1.82) is 0 Å². The van der Waals surface area contributed by atoms with Crippen LogP contribution in [0.2, 0.25) is 0 Å². The minimum atomic E-state index is 0.181. The molecule has 2 heteroatoms. The van der Waals surface area contributed by atoms with E-state index in [9.17, 15) is 0 Å². The lowest BCUT2D eigenvalue weighted by Crippen LogP contribution is -2.21. The molecule has 0 aliphatic carbocycles. The average Bonchev–Trinajstić information content (AvgIpc) is 3.31. The summed E-state index contributed by atoms with van der Waals surface area (Å²) >= 11 is 0. The molecular weight excluding hydrogens is 725 g/mol. The van der Waals surface area contributed by atoms with Crippen LogP contribution in [-0.4, -0.2) is 0 Å². The van der Waals surface area contributed by atoms with Gasteiger partial charge in [0.15, 0.2) is 0 Å². The number of hydrogen-bond acceptors (Lipinski definition) is 2. The molecule has 0 heterocycles. The van der Waals surface area contributed by atoms with Crippen LogP contribution >= 0.6 is 0 Å². The second kappa shape index (κ2) is 18.4. The van der Waals surface area contributed by atoms with Gasteiger partial charge >= 0.3 is 0 Å². The summed E-state index contributed by atoms with van der Waals surface area (Å²) in [7, 11) is 0. The van der Waals surface area contributed by atoms with Crippen molar-refractivity contribution in [3.8, 4) is 11.1 Å². The van der Waals surface area contributed by atoms with Crippen molar-refractivity contribution >= 4 is 55.7 Å². The number of hydrogen-bond donors (Lipinski definition) is 0. The van der Waals surface area contributed by atoms with Crippen molar-refractivity contribution in [3.05, 3.63) is 193 Å². The zero-order valence-electron chi connectivity index (χ0n) is 36.2. The SMILES string of the molecule is CCCCC(C)c1ccc2ccc(N(c3ccccc3)c3ccc(-c4ccc(N(c5ccc(C(C)(CC)CCCC)cc5)c5cccc6ccccc56)cc4)cc3)cc2c1. The molecule has 0 radical (unpaired) electrons. The topological polar surface area (TPSA) is 6.48 Å². The standard InChI is InChI=1S/C58H60N2/c1-6-9-17-43(4)48-25-24-46-30-37-55(42-49(46)41-48)59(51-20-12-11-13-21-51)52-33-26-44(27-34-52)45-28-35-53(36-29-45)60(57-23-16-19-47-18-14-15-22-56(47)57)54-38-31-50(32-39-54)58(5,8-3)40-10-7-2/h11-16,18-39,41-43H,6-10,17,40H2,1-5H3. The Balaban J connectivity index is 1.12. The number of rotatable bonds is 16. The zero-order valence-corrected chi connectivity index (χ0v) is 36.2. The molecule has 0 N–H and O–H groups in total. The van der Waals surface area contributed by atoms with Crippen molar-refractivity contribution in [2.75, 3.05) is 9.80 Å². The highest BCUT2D eigenvalue weighted by molar-refractivity contribution is 5.99. The summed E-state index contributed by atoms with van der Waals surface area (Å²) in [5, 5.41) is 5.03. The van der Waals surface area contributed by atoms with E-state index in [1.807, 2.05) is 0 Å². The minimum absolute atomic E-state index is 0.181. The first-order chi connectivity index (χ1) is 29.4. The third-order valence-electron chi connectivity index (χ3n) is 13.0. The maximum atomic E-state index is 2.43. The summed E-state index contributed by atoms with van der Waals surface area (Å²) < 4.78 is 0. The van der Waals surface area contributed by atoms with Gasteiger partial charge in [-0.25, -0.2) is 0 Å². The van der Waals surface area contributed by atoms with Gasteiger partial charge in [-0.05, 0) is 136 Å². The molecule has 0 amide bonds. The molecule has 0 spiro atoms. The summed E-state index contributed by atoms with van der Waals surface area (Å²) in [6, 6.07) is 67.5. The fraction of sp³-hybridized carbons (Fsp3) is 0.241. The number of unbranched alkanes of at least 4 members (excludes halogenated alkanes) is 2. The molecule has 60 heavy (non-hydrogen) atoms. The molecule has 0 aliphatic heterocycles. The lowest BCUT2D eigenvalue weighted by molar-refractivity contribution is 0.403. The first-order valence-electron chi connectivity index (χ1n) is 22.4. The number of anilines is 6. The van der Waals surface area contributed by atoms with Crippen LogP contribution in [0.25, 0.3) is 32.7 Å². The predicted octanol–water partition coefficient (Wildman–Crippen LogP) is 17.8. The first kappa shape index (κ1) is 40.7. The molecular formula is C58H60N2. The van der Waals surface area contributed by atoms with Gasteiger partial charge in [-0.2, -0.15) is 0 Å². The van der Waals surface area contributed by atoms with E-state index in [4.69, 9.17) is 0 Å². The lowest BCUT2D eigenvalue weighted by Gasteiger charge is -2.31.